The van der Waals surface area contributed by atoms with E-state index in [-0.39, 0.29) is 24.3 Å². The van der Waals surface area contributed by atoms with Gasteiger partial charge in [0, 0.05) is 18.3 Å². The van der Waals surface area contributed by atoms with Crippen LogP contribution in [0.2, 0.25) is 0 Å². The molecule has 7 nitrogen and oxygen atoms in total. The van der Waals surface area contributed by atoms with Crippen molar-refractivity contribution in [2.24, 2.45) is 0 Å². The molecule has 0 fully saturated rings. The fraction of sp³-hybridized carbons (Fsp3) is 0.364. The molecule has 0 aromatic heterocycles. The Morgan fingerprint density at radius 2 is 2.28 bits per heavy atom. The fourth-order valence-corrected chi connectivity index (χ4v) is 1.11. The lowest BCUT2D eigenvalue weighted by Crippen LogP contribution is -2.17. The summed E-state index contributed by atoms with van der Waals surface area (Å²) in [4.78, 5) is 30.2. The molecule has 0 radical (unpaired) electrons. The first-order valence-electron chi connectivity index (χ1n) is 5.27. The average molecular weight is 255 g/mol. The molecule has 0 saturated heterocycles. The van der Waals surface area contributed by atoms with Gasteiger partial charge < -0.3 is 9.99 Å². The number of carbonyl (C=O) groups is 1. The van der Waals surface area contributed by atoms with Crippen molar-refractivity contribution in [3.05, 3.63) is 39.9 Å². The highest BCUT2D eigenvalue weighted by Crippen LogP contribution is 2.13. The zero-order valence-corrected chi connectivity index (χ0v) is 9.74. The first-order chi connectivity index (χ1) is 8.50. The predicted octanol–water partition coefficient (Wildman–Crippen LogP) is 1.75. The summed E-state index contributed by atoms with van der Waals surface area (Å²) in [5.41, 5.74) is 0.0785. The summed E-state index contributed by atoms with van der Waals surface area (Å²) in [6, 6.07) is 5.06. The lowest BCUT2D eigenvalue weighted by molar-refractivity contribution is -0.520. The van der Waals surface area contributed by atoms with E-state index in [1.807, 2.05) is 0 Å². The summed E-state index contributed by atoms with van der Waals surface area (Å²) in [5, 5.41) is 19.1. The minimum Gasteiger partial charge on any atom is -0.478 e. The summed E-state index contributed by atoms with van der Waals surface area (Å²) >= 11 is 0. The smallest absolute Gasteiger partial charge is 0.335 e. The van der Waals surface area contributed by atoms with Crippen LogP contribution in [0.4, 0.5) is 0 Å². The molecule has 1 aromatic rings. The van der Waals surface area contributed by atoms with Crippen LogP contribution in [-0.4, -0.2) is 28.6 Å². The van der Waals surface area contributed by atoms with Crippen LogP contribution in [0.3, 0.4) is 0 Å². The number of nitro groups is 1. The first kappa shape index (κ1) is 13.9. The molecule has 0 aliphatic carbocycles. The standard InChI is InChI=1S/C11H13NO6/c1-8(12(15)16)5-6-17-18-10-4-2-3-9(7-10)11(13)14/h2-4,7-8H,5-6H2,1H3,(H,13,14). The van der Waals surface area contributed by atoms with Crippen molar-refractivity contribution in [1.82, 2.24) is 0 Å². The van der Waals surface area contributed by atoms with Gasteiger partial charge in [-0.3, -0.25) is 10.1 Å². The minimum atomic E-state index is -1.07. The van der Waals surface area contributed by atoms with Gasteiger partial charge in [0.15, 0.2) is 5.75 Å². The normalized spacial score (nSPS) is 11.8. The number of carboxylic acids is 1. The van der Waals surface area contributed by atoms with E-state index in [0.717, 1.165) is 0 Å². The Kier molecular flexibility index (Phi) is 5.06. The van der Waals surface area contributed by atoms with Crippen LogP contribution in [0.15, 0.2) is 24.3 Å². The number of aromatic carboxylic acids is 1. The molecule has 0 amide bonds. The van der Waals surface area contributed by atoms with Gasteiger partial charge in [0.1, 0.15) is 6.61 Å². The maximum absolute atomic E-state index is 10.7. The lowest BCUT2D eigenvalue weighted by Gasteiger charge is -2.06. The van der Waals surface area contributed by atoms with Gasteiger partial charge in [-0.05, 0) is 18.2 Å². The van der Waals surface area contributed by atoms with Gasteiger partial charge in [-0.1, -0.05) is 6.07 Å². The fourth-order valence-electron chi connectivity index (χ4n) is 1.11. The monoisotopic (exact) mass is 255 g/mol. The molecule has 1 N–H and O–H groups in total. The van der Waals surface area contributed by atoms with Crippen molar-refractivity contribution in [3.63, 3.8) is 0 Å². The maximum Gasteiger partial charge on any atom is 0.335 e. The van der Waals surface area contributed by atoms with Crippen LogP contribution in [0, 0.1) is 10.1 Å². The summed E-state index contributed by atoms with van der Waals surface area (Å²) < 4.78 is 0. The lowest BCUT2D eigenvalue weighted by atomic mass is 10.2. The van der Waals surface area contributed by atoms with Crippen molar-refractivity contribution in [1.29, 1.82) is 0 Å². The van der Waals surface area contributed by atoms with Crippen LogP contribution in [0.25, 0.3) is 0 Å². The molecular weight excluding hydrogens is 242 g/mol. The Morgan fingerprint density at radius 1 is 1.56 bits per heavy atom. The Hall–Kier alpha value is -2.15. The summed E-state index contributed by atoms with van der Waals surface area (Å²) in [5.74, 6) is -0.828. The van der Waals surface area contributed by atoms with E-state index >= 15 is 0 Å². The van der Waals surface area contributed by atoms with Gasteiger partial charge in [0.25, 0.3) is 0 Å². The van der Waals surface area contributed by atoms with Gasteiger partial charge >= 0.3 is 5.97 Å². The second kappa shape index (κ2) is 6.55. The molecule has 1 atom stereocenters. The van der Waals surface area contributed by atoms with Crippen molar-refractivity contribution < 1.29 is 24.6 Å². The molecule has 18 heavy (non-hydrogen) atoms. The summed E-state index contributed by atoms with van der Waals surface area (Å²) in [6.07, 6.45) is 0.214. The van der Waals surface area contributed by atoms with Crippen LogP contribution in [0.1, 0.15) is 23.7 Å². The number of carboxylic acid groups (broad SMARTS) is 1. The van der Waals surface area contributed by atoms with Crippen molar-refractivity contribution in [3.8, 4) is 5.75 Å². The van der Waals surface area contributed by atoms with Crippen molar-refractivity contribution in [2.75, 3.05) is 6.61 Å². The zero-order chi connectivity index (χ0) is 13.5. The molecule has 98 valence electrons. The molecular formula is C11H13NO6. The van der Waals surface area contributed by atoms with Crippen LogP contribution >= 0.6 is 0 Å². The van der Waals surface area contributed by atoms with E-state index in [4.69, 9.17) is 14.9 Å². The maximum atomic E-state index is 10.7. The van der Waals surface area contributed by atoms with Crippen LogP contribution in [-0.2, 0) is 4.89 Å². The highest BCUT2D eigenvalue weighted by molar-refractivity contribution is 5.87. The molecule has 7 heteroatoms. The SMILES string of the molecule is CC(CCOOc1cccc(C(=O)O)c1)[N+](=O)[O-]. The molecule has 0 aliphatic heterocycles. The second-order valence-corrected chi connectivity index (χ2v) is 3.66. The molecule has 0 bridgehead atoms. The van der Waals surface area contributed by atoms with Gasteiger partial charge in [0.2, 0.25) is 6.04 Å². The molecule has 1 aromatic carbocycles. The average Bonchev–Trinajstić information content (AvgIpc) is 2.34. The Balaban J connectivity index is 2.38. The Morgan fingerprint density at radius 3 is 2.89 bits per heavy atom. The van der Waals surface area contributed by atoms with Crippen molar-refractivity contribution >= 4 is 5.97 Å². The molecule has 1 rings (SSSR count). The number of benzene rings is 1. The Labute approximate surface area is 103 Å². The predicted molar refractivity (Wildman–Crippen MR) is 61.1 cm³/mol. The van der Waals surface area contributed by atoms with E-state index < -0.39 is 16.9 Å². The number of hydrogen-bond donors (Lipinski definition) is 1. The number of hydrogen-bond acceptors (Lipinski definition) is 5. The van der Waals surface area contributed by atoms with Gasteiger partial charge in [-0.15, -0.1) is 0 Å². The third-order valence-corrected chi connectivity index (χ3v) is 2.21. The van der Waals surface area contributed by atoms with Crippen LogP contribution in [0.5, 0.6) is 5.75 Å². The van der Waals surface area contributed by atoms with E-state index in [2.05, 4.69) is 0 Å². The summed E-state index contributed by atoms with van der Waals surface area (Å²) in [7, 11) is 0. The highest BCUT2D eigenvalue weighted by atomic mass is 17.2. The Bertz CT molecular complexity index is 433. The van der Waals surface area contributed by atoms with E-state index in [1.165, 1.54) is 31.2 Å². The van der Waals surface area contributed by atoms with E-state index in [0.29, 0.717) is 0 Å². The molecule has 0 spiro atoms. The third-order valence-electron chi connectivity index (χ3n) is 2.21. The van der Waals surface area contributed by atoms with Gasteiger partial charge in [-0.2, -0.15) is 4.89 Å². The second-order valence-electron chi connectivity index (χ2n) is 3.66. The van der Waals surface area contributed by atoms with E-state index in [9.17, 15) is 14.9 Å². The third kappa shape index (κ3) is 4.38. The van der Waals surface area contributed by atoms with E-state index in [1.54, 1.807) is 0 Å². The molecule has 0 aliphatic rings. The van der Waals surface area contributed by atoms with Gasteiger partial charge in [0.05, 0.1) is 5.56 Å². The number of nitrogens with zero attached hydrogens (tertiary/aromatic N) is 1. The molecule has 1 unspecified atom stereocenters. The highest BCUT2D eigenvalue weighted by Gasteiger charge is 2.12. The zero-order valence-electron chi connectivity index (χ0n) is 9.74. The topological polar surface area (TPSA) is 98.9 Å². The first-order valence-corrected chi connectivity index (χ1v) is 5.27. The largest absolute Gasteiger partial charge is 0.478 e. The van der Waals surface area contributed by atoms with Gasteiger partial charge in [-0.25, -0.2) is 4.79 Å². The summed E-state index contributed by atoms with van der Waals surface area (Å²) in [6.45, 7) is 1.52. The quantitative estimate of drug-likeness (QED) is 0.345. The molecule has 0 saturated carbocycles. The minimum absolute atomic E-state index is 0.0550. The van der Waals surface area contributed by atoms with Crippen LogP contribution < -0.4 is 4.89 Å². The molecule has 0 heterocycles. The van der Waals surface area contributed by atoms with Crippen molar-refractivity contribution in [2.45, 2.75) is 19.4 Å². The number of rotatable bonds is 7.